The molecule has 0 aliphatic carbocycles. The molecule has 0 aromatic heterocycles. The number of hydrogen-bond acceptors (Lipinski definition) is 4. The van der Waals surface area contributed by atoms with Gasteiger partial charge in [-0.25, -0.2) is 0 Å². The summed E-state index contributed by atoms with van der Waals surface area (Å²) in [4.78, 5) is 10.1. The quantitative estimate of drug-likeness (QED) is 0.417. The first-order chi connectivity index (χ1) is 6.59. The molecule has 0 saturated heterocycles. The summed E-state index contributed by atoms with van der Waals surface area (Å²) < 4.78 is 5.42. The summed E-state index contributed by atoms with van der Waals surface area (Å²) in [6.45, 7) is 1.91. The van der Waals surface area contributed by atoms with Crippen molar-refractivity contribution >= 4 is 11.4 Å². The predicted molar refractivity (Wildman–Crippen MR) is 51.3 cm³/mol. The summed E-state index contributed by atoms with van der Waals surface area (Å²) in [7, 11) is 0. The van der Waals surface area contributed by atoms with E-state index < -0.39 is 4.92 Å². The molecule has 2 N–H and O–H groups in total. The number of fused-ring (bicyclic) bond motifs is 1. The monoisotopic (exact) mass is 194 g/mol. The topological polar surface area (TPSA) is 78.4 Å². The summed E-state index contributed by atoms with van der Waals surface area (Å²) in [5.41, 5.74) is 6.63. The van der Waals surface area contributed by atoms with E-state index in [4.69, 9.17) is 10.5 Å². The predicted octanol–water partition coefficient (Wildman–Crippen LogP) is 1.50. The Morgan fingerprint density at radius 2 is 2.36 bits per heavy atom. The van der Waals surface area contributed by atoms with E-state index in [0.717, 1.165) is 5.56 Å². The highest BCUT2D eigenvalue weighted by molar-refractivity contribution is 5.68. The highest BCUT2D eigenvalue weighted by Crippen LogP contribution is 2.38. The Balaban J connectivity index is 2.53. The van der Waals surface area contributed by atoms with Gasteiger partial charge in [-0.1, -0.05) is 0 Å². The van der Waals surface area contributed by atoms with Gasteiger partial charge in [-0.2, -0.15) is 0 Å². The number of nitrogens with zero attached hydrogens (tertiary/aromatic N) is 1. The molecule has 0 amide bonds. The van der Waals surface area contributed by atoms with Gasteiger partial charge in [0.05, 0.1) is 4.92 Å². The molecule has 0 saturated carbocycles. The minimum atomic E-state index is -0.474. The third-order valence-corrected chi connectivity index (χ3v) is 2.31. The molecular formula is C9H10N2O3. The van der Waals surface area contributed by atoms with Crippen LogP contribution in [-0.2, 0) is 6.42 Å². The van der Waals surface area contributed by atoms with Crippen LogP contribution in [0.1, 0.15) is 12.5 Å². The number of nitrogens with two attached hydrogens (primary N) is 1. The fraction of sp³-hybridized carbons (Fsp3) is 0.333. The maximum atomic E-state index is 10.6. The van der Waals surface area contributed by atoms with Crippen molar-refractivity contribution in [3.05, 3.63) is 27.8 Å². The van der Waals surface area contributed by atoms with E-state index in [1.807, 2.05) is 6.92 Å². The number of ether oxygens (including phenoxy) is 1. The van der Waals surface area contributed by atoms with Crippen molar-refractivity contribution in [2.75, 3.05) is 5.73 Å². The van der Waals surface area contributed by atoms with Crippen molar-refractivity contribution in [2.24, 2.45) is 0 Å². The van der Waals surface area contributed by atoms with Gasteiger partial charge in [-0.3, -0.25) is 10.1 Å². The van der Waals surface area contributed by atoms with Gasteiger partial charge < -0.3 is 10.5 Å². The number of nitro benzene ring substituents is 1. The second kappa shape index (κ2) is 2.87. The van der Waals surface area contributed by atoms with Crippen LogP contribution in [0.4, 0.5) is 11.4 Å². The Bertz CT molecular complexity index is 403. The molecule has 5 heteroatoms. The van der Waals surface area contributed by atoms with Crippen LogP contribution in [0.2, 0.25) is 0 Å². The Hall–Kier alpha value is -1.78. The standard InChI is InChI=1S/C9H10N2O3/c1-5-4-6-8(14-5)3-2-7(9(6)10)11(12)13/h2-3,5H,4,10H2,1H3. The molecule has 0 radical (unpaired) electrons. The molecule has 1 unspecified atom stereocenters. The van der Waals surface area contributed by atoms with Crippen LogP contribution in [0, 0.1) is 10.1 Å². The minimum Gasteiger partial charge on any atom is -0.490 e. The van der Waals surface area contributed by atoms with Crippen molar-refractivity contribution in [3.8, 4) is 5.75 Å². The van der Waals surface area contributed by atoms with Gasteiger partial charge in [0.2, 0.25) is 0 Å². The third-order valence-electron chi connectivity index (χ3n) is 2.31. The number of hydrogen-bond donors (Lipinski definition) is 1. The van der Waals surface area contributed by atoms with Crippen LogP contribution >= 0.6 is 0 Å². The molecule has 1 aliphatic heterocycles. The lowest BCUT2D eigenvalue weighted by molar-refractivity contribution is -0.383. The van der Waals surface area contributed by atoms with Crippen LogP contribution in [0.3, 0.4) is 0 Å². The van der Waals surface area contributed by atoms with Crippen molar-refractivity contribution < 1.29 is 9.66 Å². The van der Waals surface area contributed by atoms with Crippen molar-refractivity contribution in [1.82, 2.24) is 0 Å². The molecule has 5 nitrogen and oxygen atoms in total. The number of nitro groups is 1. The normalized spacial score (nSPS) is 18.8. The summed E-state index contributed by atoms with van der Waals surface area (Å²) in [5, 5.41) is 10.6. The van der Waals surface area contributed by atoms with Crippen LogP contribution in [-0.4, -0.2) is 11.0 Å². The molecular weight excluding hydrogens is 184 g/mol. The Kier molecular flexibility index (Phi) is 1.80. The van der Waals surface area contributed by atoms with Gasteiger partial charge in [0.25, 0.3) is 5.69 Å². The Morgan fingerprint density at radius 3 is 3.00 bits per heavy atom. The molecule has 1 aromatic carbocycles. The molecule has 74 valence electrons. The summed E-state index contributed by atoms with van der Waals surface area (Å²) in [5.74, 6) is 0.667. The number of nitrogen functional groups attached to an aromatic ring is 1. The first-order valence-corrected chi connectivity index (χ1v) is 4.32. The van der Waals surface area contributed by atoms with E-state index >= 15 is 0 Å². The molecule has 1 heterocycles. The second-order valence-electron chi connectivity index (χ2n) is 3.36. The molecule has 2 rings (SSSR count). The Morgan fingerprint density at radius 1 is 1.64 bits per heavy atom. The third kappa shape index (κ3) is 1.17. The summed E-state index contributed by atoms with van der Waals surface area (Å²) in [6, 6.07) is 2.99. The largest absolute Gasteiger partial charge is 0.490 e. The highest BCUT2D eigenvalue weighted by atomic mass is 16.6. The number of anilines is 1. The van der Waals surface area contributed by atoms with Crippen LogP contribution in [0.15, 0.2) is 12.1 Å². The summed E-state index contributed by atoms with van der Waals surface area (Å²) in [6.07, 6.45) is 0.692. The van der Waals surface area contributed by atoms with Gasteiger partial charge in [-0.15, -0.1) is 0 Å². The zero-order chi connectivity index (χ0) is 10.3. The molecule has 1 aromatic rings. The smallest absolute Gasteiger partial charge is 0.292 e. The number of benzene rings is 1. The van der Waals surface area contributed by atoms with Gasteiger partial charge in [-0.05, 0) is 13.0 Å². The van der Waals surface area contributed by atoms with Gasteiger partial charge in [0.15, 0.2) is 0 Å². The Labute approximate surface area is 80.6 Å². The van der Waals surface area contributed by atoms with Gasteiger partial charge in [0, 0.05) is 18.1 Å². The van der Waals surface area contributed by atoms with Crippen LogP contribution in [0.5, 0.6) is 5.75 Å². The van der Waals surface area contributed by atoms with Crippen molar-refractivity contribution in [3.63, 3.8) is 0 Å². The van der Waals surface area contributed by atoms with Gasteiger partial charge in [0.1, 0.15) is 17.5 Å². The van der Waals surface area contributed by atoms with Crippen molar-refractivity contribution in [1.29, 1.82) is 0 Å². The van der Waals surface area contributed by atoms with Gasteiger partial charge >= 0.3 is 0 Å². The second-order valence-corrected chi connectivity index (χ2v) is 3.36. The lowest BCUT2D eigenvalue weighted by Gasteiger charge is -2.02. The van der Waals surface area contributed by atoms with E-state index in [1.165, 1.54) is 6.07 Å². The molecule has 14 heavy (non-hydrogen) atoms. The first-order valence-electron chi connectivity index (χ1n) is 4.32. The maximum Gasteiger partial charge on any atom is 0.292 e. The molecule has 0 spiro atoms. The zero-order valence-electron chi connectivity index (χ0n) is 7.69. The van der Waals surface area contributed by atoms with E-state index in [0.29, 0.717) is 12.2 Å². The lowest BCUT2D eigenvalue weighted by atomic mass is 10.1. The minimum absolute atomic E-state index is 0.0403. The van der Waals surface area contributed by atoms with Crippen molar-refractivity contribution in [2.45, 2.75) is 19.4 Å². The first kappa shape index (κ1) is 8.80. The highest BCUT2D eigenvalue weighted by Gasteiger charge is 2.26. The van der Waals surface area contributed by atoms with Crippen LogP contribution in [0.25, 0.3) is 0 Å². The van der Waals surface area contributed by atoms with Crippen LogP contribution < -0.4 is 10.5 Å². The molecule has 1 aliphatic rings. The van der Waals surface area contributed by atoms with E-state index in [9.17, 15) is 10.1 Å². The SMILES string of the molecule is CC1Cc2c(ccc([N+](=O)[O-])c2N)O1. The average Bonchev–Trinajstić information content (AvgIpc) is 2.46. The van der Waals surface area contributed by atoms with E-state index in [-0.39, 0.29) is 17.5 Å². The summed E-state index contributed by atoms with van der Waals surface area (Å²) >= 11 is 0. The number of rotatable bonds is 1. The zero-order valence-corrected chi connectivity index (χ0v) is 7.69. The van der Waals surface area contributed by atoms with E-state index in [2.05, 4.69) is 0 Å². The fourth-order valence-corrected chi connectivity index (χ4v) is 1.66. The molecule has 1 atom stereocenters. The molecule has 0 bridgehead atoms. The maximum absolute atomic E-state index is 10.6. The fourth-order valence-electron chi connectivity index (χ4n) is 1.66. The average molecular weight is 194 g/mol. The van der Waals surface area contributed by atoms with E-state index in [1.54, 1.807) is 6.07 Å². The molecule has 0 fully saturated rings. The lowest BCUT2D eigenvalue weighted by Crippen LogP contribution is -2.05.